The van der Waals surface area contributed by atoms with Gasteiger partial charge in [-0.05, 0) is 116 Å². The molecule has 5 aliphatic rings. The molecule has 372 valence electrons. The molecule has 71 heavy (non-hydrogen) atoms. The first-order chi connectivity index (χ1) is 34.2. The highest BCUT2D eigenvalue weighted by molar-refractivity contribution is 9.10. The number of nitrogens with one attached hydrogen (secondary N) is 3. The van der Waals surface area contributed by atoms with Crippen LogP contribution in [0.15, 0.2) is 65.5 Å². The van der Waals surface area contributed by atoms with Crippen LogP contribution in [0.25, 0.3) is 11.0 Å². The first-order valence-corrected chi connectivity index (χ1v) is 27.9. The summed E-state index contributed by atoms with van der Waals surface area (Å²) in [5.41, 5.74) is 6.57. The molecule has 5 aromatic rings. The minimum atomic E-state index is -2.78. The Bertz CT molecular complexity index is 2970. The van der Waals surface area contributed by atoms with E-state index in [0.717, 1.165) is 94.2 Å². The van der Waals surface area contributed by atoms with Crippen molar-refractivity contribution in [2.75, 3.05) is 93.7 Å². The van der Waals surface area contributed by atoms with Crippen LogP contribution in [0.3, 0.4) is 0 Å². The number of benzene rings is 3. The van der Waals surface area contributed by atoms with E-state index in [9.17, 15) is 23.7 Å². The molecule has 1 aliphatic carbocycles. The summed E-state index contributed by atoms with van der Waals surface area (Å²) in [6, 6.07) is 13.3. The molecule has 10 rings (SSSR count). The molecule has 1 saturated carbocycles. The van der Waals surface area contributed by atoms with Crippen molar-refractivity contribution in [2.24, 2.45) is 5.92 Å². The second-order valence-corrected chi connectivity index (χ2v) is 23.7. The lowest BCUT2D eigenvalue weighted by Crippen LogP contribution is -2.55. The number of aryl methyl sites for hydroxylation is 1. The number of anilines is 6. The van der Waals surface area contributed by atoms with Gasteiger partial charge in [0.05, 0.1) is 44.9 Å². The van der Waals surface area contributed by atoms with Crippen molar-refractivity contribution in [1.29, 1.82) is 0 Å². The molecule has 3 N–H and O–H groups in total. The number of carbonyl (C=O) groups is 4. The zero-order valence-corrected chi connectivity index (χ0v) is 43.3. The summed E-state index contributed by atoms with van der Waals surface area (Å²) in [5.74, 6) is 0.234. The average Bonchev–Trinajstić information content (AvgIpc) is 3.60. The Morgan fingerprint density at radius 3 is 2.34 bits per heavy atom. The molecule has 3 aromatic carbocycles. The number of carbonyl (C=O) groups excluding carboxylic acids is 4. The number of aromatic nitrogens is 4. The molecule has 3 saturated heterocycles. The SMILES string of the molecule is CCc1cc(Nc2ncc(Br)c(Nc3ccc4nccnc4c3P(C)(C)=O)n2)c(OC)cc1N1CCC(N2CCN(CC3CC(N(C)c4ccc5c(c4)C(=O)N(C4CCC(=O)NC4=O)C5=O)C3)CC2)CC1. The molecule has 2 aromatic heterocycles. The topological polar surface area (TPSA) is 198 Å². The minimum absolute atomic E-state index is 0.0942. The monoisotopic (exact) mass is 1050 g/mol. The maximum atomic E-state index is 13.6. The van der Waals surface area contributed by atoms with E-state index in [1.165, 1.54) is 11.3 Å². The van der Waals surface area contributed by atoms with Gasteiger partial charge in [-0.3, -0.25) is 44.3 Å². The number of hydrogen-bond acceptors (Lipinski definition) is 16. The summed E-state index contributed by atoms with van der Waals surface area (Å²) in [5, 5.41) is 9.67. The van der Waals surface area contributed by atoms with Gasteiger partial charge in [0, 0.05) is 107 Å². The normalized spacial score (nSPS) is 21.3. The average molecular weight is 1050 g/mol. The summed E-state index contributed by atoms with van der Waals surface area (Å²) in [4.78, 5) is 80.2. The number of rotatable bonds is 14. The van der Waals surface area contributed by atoms with Crippen LogP contribution in [-0.2, 0) is 20.6 Å². The fourth-order valence-corrected chi connectivity index (χ4v) is 12.8. The van der Waals surface area contributed by atoms with Crippen molar-refractivity contribution < 1.29 is 28.5 Å². The number of amides is 4. The van der Waals surface area contributed by atoms with Gasteiger partial charge >= 0.3 is 0 Å². The number of fused-ring (bicyclic) bond motifs is 2. The highest BCUT2D eigenvalue weighted by Crippen LogP contribution is 2.43. The molecule has 20 heteroatoms. The summed E-state index contributed by atoms with van der Waals surface area (Å²) >= 11 is 3.60. The van der Waals surface area contributed by atoms with Crippen molar-refractivity contribution in [3.05, 3.63) is 82.2 Å². The Morgan fingerprint density at radius 1 is 0.873 bits per heavy atom. The number of ether oxygens (including phenoxy) is 1. The summed E-state index contributed by atoms with van der Waals surface area (Å²) in [7, 11) is 0.950. The van der Waals surface area contributed by atoms with Gasteiger partial charge < -0.3 is 34.6 Å². The van der Waals surface area contributed by atoms with Gasteiger partial charge in [0.1, 0.15) is 30.3 Å². The number of methoxy groups -OCH3 is 1. The van der Waals surface area contributed by atoms with Crippen molar-refractivity contribution in [3.63, 3.8) is 0 Å². The van der Waals surface area contributed by atoms with E-state index in [4.69, 9.17) is 9.72 Å². The Labute approximate surface area is 421 Å². The van der Waals surface area contributed by atoms with Crippen molar-refractivity contribution in [1.82, 2.24) is 40.0 Å². The second kappa shape index (κ2) is 19.9. The predicted molar refractivity (Wildman–Crippen MR) is 279 cm³/mol. The van der Waals surface area contributed by atoms with Gasteiger partial charge in [0.2, 0.25) is 17.8 Å². The quantitative estimate of drug-likeness (QED) is 0.0816. The molecule has 1 atom stereocenters. The maximum Gasteiger partial charge on any atom is 0.262 e. The Hall–Kier alpha value is -6.01. The fraction of sp³-hybridized carbons (Fsp3) is 0.451. The molecule has 0 spiro atoms. The smallest absolute Gasteiger partial charge is 0.262 e. The summed E-state index contributed by atoms with van der Waals surface area (Å²) in [6.07, 6.45) is 10.3. The van der Waals surface area contributed by atoms with Crippen molar-refractivity contribution in [2.45, 2.75) is 70.0 Å². The molecule has 4 aliphatic heterocycles. The fourth-order valence-electron chi connectivity index (χ4n) is 11.1. The van der Waals surface area contributed by atoms with E-state index in [0.29, 0.717) is 73.1 Å². The largest absolute Gasteiger partial charge is 0.494 e. The van der Waals surface area contributed by atoms with E-state index in [1.807, 2.05) is 25.2 Å². The Morgan fingerprint density at radius 2 is 1.62 bits per heavy atom. The summed E-state index contributed by atoms with van der Waals surface area (Å²) < 4.78 is 20.2. The molecule has 0 bridgehead atoms. The van der Waals surface area contributed by atoms with Crippen molar-refractivity contribution in [3.8, 4) is 5.75 Å². The molecule has 4 amide bonds. The lowest BCUT2D eigenvalue weighted by atomic mass is 9.78. The van der Waals surface area contributed by atoms with E-state index in [1.54, 1.807) is 51.2 Å². The molecule has 18 nitrogen and oxygen atoms in total. The molecule has 6 heterocycles. The first-order valence-electron chi connectivity index (χ1n) is 24.5. The number of imide groups is 2. The van der Waals surface area contributed by atoms with Gasteiger partial charge in [-0.25, -0.2) is 4.98 Å². The van der Waals surface area contributed by atoms with Crippen LogP contribution in [-0.4, -0.2) is 150 Å². The van der Waals surface area contributed by atoms with Crippen LogP contribution in [0, 0.1) is 5.92 Å². The van der Waals surface area contributed by atoms with Crippen LogP contribution in [0.1, 0.15) is 71.7 Å². The van der Waals surface area contributed by atoms with E-state index in [2.05, 4.69) is 85.5 Å². The van der Waals surface area contributed by atoms with Crippen LogP contribution in [0.5, 0.6) is 5.75 Å². The number of halogens is 1. The lowest BCUT2D eigenvalue weighted by molar-refractivity contribution is -0.136. The number of nitrogens with zero attached hydrogens (tertiary/aromatic N) is 9. The lowest BCUT2D eigenvalue weighted by Gasteiger charge is -2.47. The van der Waals surface area contributed by atoms with Gasteiger partial charge in [-0.1, -0.05) is 6.92 Å². The number of piperidine rings is 2. The van der Waals surface area contributed by atoms with Crippen LogP contribution >= 0.6 is 23.1 Å². The van der Waals surface area contributed by atoms with Gasteiger partial charge in [-0.2, -0.15) is 4.98 Å². The van der Waals surface area contributed by atoms with Crippen molar-refractivity contribution >= 4 is 97.6 Å². The minimum Gasteiger partial charge on any atom is -0.494 e. The summed E-state index contributed by atoms with van der Waals surface area (Å²) in [6.45, 7) is 12.9. The molecular weight excluding hydrogens is 988 g/mol. The third-order valence-corrected chi connectivity index (χ3v) is 17.1. The molecule has 1 unspecified atom stereocenters. The maximum absolute atomic E-state index is 13.6. The zero-order chi connectivity index (χ0) is 49.7. The van der Waals surface area contributed by atoms with Gasteiger partial charge in [0.25, 0.3) is 11.8 Å². The molecule has 0 radical (unpaired) electrons. The highest BCUT2D eigenvalue weighted by atomic mass is 79.9. The van der Waals surface area contributed by atoms with Gasteiger partial charge in [-0.15, -0.1) is 0 Å². The van der Waals surface area contributed by atoms with E-state index < -0.39 is 30.9 Å². The van der Waals surface area contributed by atoms with E-state index in [-0.39, 0.29) is 18.7 Å². The van der Waals surface area contributed by atoms with Crippen LogP contribution in [0.4, 0.5) is 34.5 Å². The molecular formula is C51H60BrN12O6P. The first kappa shape index (κ1) is 48.6. The second-order valence-electron chi connectivity index (χ2n) is 19.7. The van der Waals surface area contributed by atoms with Crippen LogP contribution < -0.4 is 35.8 Å². The standard InChI is InChI=1S/C51H60BrN12O6P/c1-6-31-25-40(57-51-55-28-37(52)47(59-51)56-39-10-9-38-45(54-16-15-53-38)46(39)71(4,5)69)43(70-3)27-42(31)63-17-13-32(14-18-63)62-21-19-61(20-22-62)29-30-23-34(24-30)60(2)33-7-8-35-36(26-33)50(68)64(49(35)67)41-11-12-44(65)58-48(41)66/h7-10,15-16,25-28,30,32,34,41H,6,11-14,17-24,29H2,1-5H3,(H,58,65,66)(H2,55,56,57,59). The number of piperazine rings is 1. The van der Waals surface area contributed by atoms with E-state index >= 15 is 0 Å². The van der Waals surface area contributed by atoms with Crippen LogP contribution in [0.2, 0.25) is 0 Å². The Kier molecular flexibility index (Phi) is 13.6. The zero-order valence-electron chi connectivity index (χ0n) is 40.8. The number of hydrogen-bond donors (Lipinski definition) is 3. The predicted octanol–water partition coefficient (Wildman–Crippen LogP) is 6.39. The molecule has 4 fully saturated rings. The third kappa shape index (κ3) is 9.73. The van der Waals surface area contributed by atoms with Gasteiger partial charge in [0.15, 0.2) is 0 Å². The Balaban J connectivity index is 0.705. The third-order valence-electron chi connectivity index (χ3n) is 15.0. The highest BCUT2D eigenvalue weighted by Gasteiger charge is 2.45.